The van der Waals surface area contributed by atoms with Crippen molar-refractivity contribution in [3.63, 3.8) is 0 Å². The van der Waals surface area contributed by atoms with E-state index in [9.17, 15) is 0 Å². The first kappa shape index (κ1) is 9.52. The van der Waals surface area contributed by atoms with Crippen LogP contribution in [-0.4, -0.2) is 12.1 Å². The molecule has 1 heterocycles. The fraction of sp³-hybridized carbons (Fsp3) is 0.0833. The first-order valence-electron chi connectivity index (χ1n) is 4.66. The van der Waals surface area contributed by atoms with Gasteiger partial charge >= 0.3 is 0 Å². The Kier molecular flexibility index (Phi) is 2.54. The molecule has 0 radical (unpaired) electrons. The number of nitrogens with two attached hydrogens (primary N) is 1. The number of ether oxygens (including phenoxy) is 1. The summed E-state index contributed by atoms with van der Waals surface area (Å²) in [7, 11) is 1.63. The van der Waals surface area contributed by atoms with Crippen molar-refractivity contribution in [1.82, 2.24) is 4.98 Å². The molecule has 0 aliphatic heterocycles. The van der Waals surface area contributed by atoms with Crippen LogP contribution in [0.25, 0.3) is 11.3 Å². The van der Waals surface area contributed by atoms with Crippen LogP contribution in [0.4, 0.5) is 5.69 Å². The zero-order chi connectivity index (χ0) is 10.7. The average Bonchev–Trinajstić information content (AvgIpc) is 2.31. The summed E-state index contributed by atoms with van der Waals surface area (Å²) in [5, 5.41) is 0. The molecule has 1 aromatic heterocycles. The van der Waals surface area contributed by atoms with E-state index in [4.69, 9.17) is 10.5 Å². The second kappa shape index (κ2) is 4.00. The fourth-order valence-corrected chi connectivity index (χ4v) is 1.41. The predicted molar refractivity (Wildman–Crippen MR) is 60.6 cm³/mol. The highest BCUT2D eigenvalue weighted by molar-refractivity contribution is 5.75. The van der Waals surface area contributed by atoms with E-state index in [2.05, 4.69) is 4.98 Å². The molecule has 0 spiro atoms. The molecule has 2 aromatic rings. The Labute approximate surface area is 88.5 Å². The van der Waals surface area contributed by atoms with Gasteiger partial charge in [0.1, 0.15) is 5.75 Å². The van der Waals surface area contributed by atoms with Crippen molar-refractivity contribution in [2.45, 2.75) is 0 Å². The summed E-state index contributed by atoms with van der Waals surface area (Å²) in [4.78, 5) is 4.25. The van der Waals surface area contributed by atoms with Crippen LogP contribution in [-0.2, 0) is 0 Å². The quantitative estimate of drug-likeness (QED) is 0.757. The Morgan fingerprint density at radius 1 is 1.20 bits per heavy atom. The van der Waals surface area contributed by atoms with Crippen LogP contribution >= 0.6 is 0 Å². The Morgan fingerprint density at radius 2 is 2.07 bits per heavy atom. The smallest absolute Gasteiger partial charge is 0.119 e. The lowest BCUT2D eigenvalue weighted by molar-refractivity contribution is 0.415. The molecule has 76 valence electrons. The number of hydrogen-bond acceptors (Lipinski definition) is 3. The molecule has 3 nitrogen and oxygen atoms in total. The Bertz CT molecular complexity index is 454. The van der Waals surface area contributed by atoms with Crippen molar-refractivity contribution >= 4 is 5.69 Å². The minimum absolute atomic E-state index is 0.703. The van der Waals surface area contributed by atoms with E-state index < -0.39 is 0 Å². The maximum atomic E-state index is 5.88. The Balaban J connectivity index is 2.52. The van der Waals surface area contributed by atoms with Crippen molar-refractivity contribution in [3.8, 4) is 17.0 Å². The van der Waals surface area contributed by atoms with Crippen molar-refractivity contribution in [2.75, 3.05) is 12.8 Å². The normalized spacial score (nSPS) is 9.93. The minimum atomic E-state index is 0.703. The molecule has 0 unspecified atom stereocenters. The molecule has 2 rings (SSSR count). The van der Waals surface area contributed by atoms with Gasteiger partial charge in [-0.25, -0.2) is 0 Å². The molecule has 0 aliphatic carbocycles. The number of benzene rings is 1. The molecule has 0 fully saturated rings. The van der Waals surface area contributed by atoms with E-state index in [1.807, 2.05) is 36.4 Å². The molecule has 0 saturated carbocycles. The van der Waals surface area contributed by atoms with Crippen molar-refractivity contribution in [2.24, 2.45) is 0 Å². The van der Waals surface area contributed by atoms with Crippen molar-refractivity contribution in [3.05, 3.63) is 42.6 Å². The number of methoxy groups -OCH3 is 1. The third-order valence-corrected chi connectivity index (χ3v) is 2.20. The van der Waals surface area contributed by atoms with E-state index >= 15 is 0 Å². The van der Waals surface area contributed by atoms with Crippen LogP contribution in [0.1, 0.15) is 0 Å². The van der Waals surface area contributed by atoms with Gasteiger partial charge in [0.05, 0.1) is 12.8 Å². The summed E-state index contributed by atoms with van der Waals surface area (Å²) >= 11 is 0. The minimum Gasteiger partial charge on any atom is -0.497 e. The third-order valence-electron chi connectivity index (χ3n) is 2.20. The maximum absolute atomic E-state index is 5.88. The second-order valence-electron chi connectivity index (χ2n) is 3.17. The Morgan fingerprint density at radius 3 is 2.73 bits per heavy atom. The van der Waals surface area contributed by atoms with Crippen molar-refractivity contribution in [1.29, 1.82) is 0 Å². The molecule has 0 bridgehead atoms. The number of nitrogens with zero attached hydrogens (tertiary/aromatic N) is 1. The largest absolute Gasteiger partial charge is 0.497 e. The van der Waals surface area contributed by atoms with E-state index in [1.165, 1.54) is 0 Å². The molecule has 0 amide bonds. The molecule has 0 atom stereocenters. The molecule has 15 heavy (non-hydrogen) atoms. The second-order valence-corrected chi connectivity index (χ2v) is 3.17. The summed E-state index contributed by atoms with van der Waals surface area (Å²) in [5.41, 5.74) is 8.34. The molecule has 1 aromatic carbocycles. The summed E-state index contributed by atoms with van der Waals surface area (Å²) < 4.78 is 5.15. The highest BCUT2D eigenvalue weighted by Crippen LogP contribution is 2.27. The van der Waals surface area contributed by atoms with Gasteiger partial charge in [-0.15, -0.1) is 0 Å². The van der Waals surface area contributed by atoms with Crippen LogP contribution in [0.5, 0.6) is 5.75 Å². The number of aromatic nitrogens is 1. The molecular formula is C12H12N2O. The fourth-order valence-electron chi connectivity index (χ4n) is 1.41. The van der Waals surface area contributed by atoms with E-state index in [0.717, 1.165) is 17.0 Å². The zero-order valence-corrected chi connectivity index (χ0v) is 8.47. The van der Waals surface area contributed by atoms with E-state index in [0.29, 0.717) is 5.69 Å². The summed E-state index contributed by atoms with van der Waals surface area (Å²) in [6.45, 7) is 0. The monoisotopic (exact) mass is 200 g/mol. The highest BCUT2D eigenvalue weighted by Gasteiger charge is 2.04. The van der Waals surface area contributed by atoms with Crippen molar-refractivity contribution < 1.29 is 4.74 Å². The van der Waals surface area contributed by atoms with Crippen LogP contribution in [0, 0.1) is 0 Å². The van der Waals surface area contributed by atoms with Gasteiger partial charge in [0.15, 0.2) is 0 Å². The van der Waals surface area contributed by atoms with E-state index in [1.54, 1.807) is 13.3 Å². The number of rotatable bonds is 2. The summed E-state index contributed by atoms with van der Waals surface area (Å²) in [6.07, 6.45) is 1.74. The van der Waals surface area contributed by atoms with E-state index in [-0.39, 0.29) is 0 Å². The SMILES string of the molecule is COc1ccc(N)c(-c2ccccn2)c1. The Hall–Kier alpha value is -2.03. The van der Waals surface area contributed by atoms with Gasteiger partial charge in [0.25, 0.3) is 0 Å². The molecule has 3 heteroatoms. The summed E-state index contributed by atoms with van der Waals surface area (Å²) in [5.74, 6) is 0.782. The predicted octanol–water partition coefficient (Wildman–Crippen LogP) is 2.34. The number of anilines is 1. The van der Waals surface area contributed by atoms with Gasteiger partial charge in [0, 0.05) is 17.4 Å². The molecular weight excluding hydrogens is 188 g/mol. The third kappa shape index (κ3) is 1.91. The lowest BCUT2D eigenvalue weighted by Crippen LogP contribution is -1.93. The van der Waals surface area contributed by atoms with Crippen LogP contribution in [0.15, 0.2) is 42.6 Å². The molecule has 0 saturated heterocycles. The maximum Gasteiger partial charge on any atom is 0.119 e. The topological polar surface area (TPSA) is 48.1 Å². The molecule has 0 aliphatic rings. The van der Waals surface area contributed by atoms with Crippen LogP contribution in [0.2, 0.25) is 0 Å². The van der Waals surface area contributed by atoms with Gasteiger partial charge in [-0.05, 0) is 30.3 Å². The number of nitrogen functional groups attached to an aromatic ring is 1. The van der Waals surface area contributed by atoms with Crippen LogP contribution in [0.3, 0.4) is 0 Å². The lowest BCUT2D eigenvalue weighted by atomic mass is 10.1. The molecule has 2 N–H and O–H groups in total. The number of pyridine rings is 1. The number of hydrogen-bond donors (Lipinski definition) is 1. The van der Waals surface area contributed by atoms with Gasteiger partial charge < -0.3 is 10.5 Å². The van der Waals surface area contributed by atoms with Gasteiger partial charge in [0.2, 0.25) is 0 Å². The first-order chi connectivity index (χ1) is 7.31. The first-order valence-corrected chi connectivity index (χ1v) is 4.66. The average molecular weight is 200 g/mol. The van der Waals surface area contributed by atoms with Gasteiger partial charge in [-0.2, -0.15) is 0 Å². The highest BCUT2D eigenvalue weighted by atomic mass is 16.5. The lowest BCUT2D eigenvalue weighted by Gasteiger charge is -2.07. The van der Waals surface area contributed by atoms with Gasteiger partial charge in [-0.3, -0.25) is 4.98 Å². The summed E-state index contributed by atoms with van der Waals surface area (Å²) in [6, 6.07) is 11.3. The van der Waals surface area contributed by atoms with Crippen LogP contribution < -0.4 is 10.5 Å². The standard InChI is InChI=1S/C12H12N2O/c1-15-9-5-6-11(13)10(8-9)12-4-2-3-7-14-12/h2-8H,13H2,1H3. The van der Waals surface area contributed by atoms with Gasteiger partial charge in [-0.1, -0.05) is 6.07 Å². The zero-order valence-electron chi connectivity index (χ0n) is 8.47.